The summed E-state index contributed by atoms with van der Waals surface area (Å²) in [6.07, 6.45) is 3.07. The minimum Gasteiger partial charge on any atom is -0.453 e. The van der Waals surface area contributed by atoms with Crippen LogP contribution in [0.15, 0.2) is 42.5 Å². The van der Waals surface area contributed by atoms with Gasteiger partial charge in [0.2, 0.25) is 0 Å². The predicted molar refractivity (Wildman–Crippen MR) is 119 cm³/mol. The van der Waals surface area contributed by atoms with Gasteiger partial charge in [-0.3, -0.25) is 0 Å². The van der Waals surface area contributed by atoms with Gasteiger partial charge in [-0.15, -0.1) is 0 Å². The molecule has 0 aromatic heterocycles. The molecule has 2 aliphatic carbocycles. The van der Waals surface area contributed by atoms with Gasteiger partial charge >= 0.3 is 12.2 Å². The van der Waals surface area contributed by atoms with Gasteiger partial charge in [0.25, 0.3) is 0 Å². The summed E-state index contributed by atoms with van der Waals surface area (Å²) in [4.78, 5) is 28.9. The van der Waals surface area contributed by atoms with E-state index in [0.29, 0.717) is 12.5 Å². The van der Waals surface area contributed by atoms with Crippen LogP contribution in [-0.4, -0.2) is 61.4 Å². The number of carbonyl (C=O) groups excluding carboxylic acids is 2. The van der Waals surface area contributed by atoms with Crippen molar-refractivity contribution in [3.05, 3.63) is 70.3 Å². The molecule has 0 N–H and O–H groups in total. The van der Waals surface area contributed by atoms with Gasteiger partial charge in [0.05, 0.1) is 20.3 Å². The van der Waals surface area contributed by atoms with Gasteiger partial charge in [-0.1, -0.05) is 42.5 Å². The van der Waals surface area contributed by atoms with Crippen LogP contribution in [0.3, 0.4) is 0 Å². The molecule has 6 heteroatoms. The van der Waals surface area contributed by atoms with Crippen molar-refractivity contribution in [1.29, 1.82) is 0 Å². The van der Waals surface area contributed by atoms with E-state index in [0.717, 1.165) is 32.2 Å². The van der Waals surface area contributed by atoms with Gasteiger partial charge in [-0.05, 0) is 53.5 Å². The molecule has 166 valence electrons. The van der Waals surface area contributed by atoms with E-state index in [1.807, 2.05) is 9.80 Å². The fraction of sp³-hybridized carbons (Fsp3) is 0.462. The Labute approximate surface area is 188 Å². The molecule has 4 atom stereocenters. The van der Waals surface area contributed by atoms with Crippen LogP contribution in [0.25, 0.3) is 0 Å². The summed E-state index contributed by atoms with van der Waals surface area (Å²) >= 11 is 0. The van der Waals surface area contributed by atoms with E-state index >= 15 is 0 Å². The van der Waals surface area contributed by atoms with Gasteiger partial charge in [0.15, 0.2) is 0 Å². The number of fused-ring (bicyclic) bond motifs is 6. The summed E-state index contributed by atoms with van der Waals surface area (Å²) in [5.74, 6) is 0.355. The van der Waals surface area contributed by atoms with Gasteiger partial charge in [-0.2, -0.15) is 0 Å². The fourth-order valence-electron chi connectivity index (χ4n) is 7.24. The van der Waals surface area contributed by atoms with E-state index in [9.17, 15) is 9.59 Å². The van der Waals surface area contributed by atoms with Crippen molar-refractivity contribution in [2.45, 2.75) is 49.1 Å². The van der Waals surface area contributed by atoms with Crippen LogP contribution >= 0.6 is 0 Å². The van der Waals surface area contributed by atoms with Crippen molar-refractivity contribution in [1.82, 2.24) is 9.80 Å². The van der Waals surface area contributed by atoms with Crippen LogP contribution < -0.4 is 0 Å². The second-order valence-electron chi connectivity index (χ2n) is 9.47. The summed E-state index contributed by atoms with van der Waals surface area (Å²) in [6, 6.07) is 15.5. The molecule has 2 amide bonds. The number of rotatable bonds is 1. The molecule has 2 aromatic rings. The highest BCUT2D eigenvalue weighted by molar-refractivity contribution is 5.72. The highest BCUT2D eigenvalue weighted by Crippen LogP contribution is 2.56. The molecule has 32 heavy (non-hydrogen) atoms. The van der Waals surface area contributed by atoms with Crippen LogP contribution in [0.2, 0.25) is 0 Å². The number of likely N-dealkylation sites (tertiary alicyclic amines) is 2. The summed E-state index contributed by atoms with van der Waals surface area (Å²) in [5.41, 5.74) is 6.49. The Balaban J connectivity index is 1.49. The maximum atomic E-state index is 12.7. The lowest BCUT2D eigenvalue weighted by atomic mass is 9.70. The number of nitrogens with zero attached hydrogens (tertiary/aromatic N) is 2. The summed E-state index contributed by atoms with van der Waals surface area (Å²) in [5, 5.41) is 0. The largest absolute Gasteiger partial charge is 0.453 e. The second-order valence-corrected chi connectivity index (χ2v) is 9.47. The first-order chi connectivity index (χ1) is 15.6. The van der Waals surface area contributed by atoms with Crippen LogP contribution in [0.1, 0.15) is 46.6 Å². The number of amides is 2. The lowest BCUT2D eigenvalue weighted by Crippen LogP contribution is -2.44. The van der Waals surface area contributed by atoms with Crippen LogP contribution in [-0.2, 0) is 27.7 Å². The Kier molecular flexibility index (Phi) is 4.29. The predicted octanol–water partition coefficient (Wildman–Crippen LogP) is 3.85. The van der Waals surface area contributed by atoms with Gasteiger partial charge in [0.1, 0.15) is 0 Å². The smallest absolute Gasteiger partial charge is 0.409 e. The van der Waals surface area contributed by atoms with E-state index in [1.54, 1.807) is 0 Å². The molecular weight excluding hydrogens is 404 g/mol. The van der Waals surface area contributed by atoms with E-state index in [4.69, 9.17) is 9.47 Å². The monoisotopic (exact) mass is 432 g/mol. The van der Waals surface area contributed by atoms with Crippen molar-refractivity contribution in [2.24, 2.45) is 0 Å². The fourth-order valence-corrected chi connectivity index (χ4v) is 7.24. The Bertz CT molecular complexity index is 1110. The molecule has 2 heterocycles. The van der Waals surface area contributed by atoms with Crippen molar-refractivity contribution in [3.8, 4) is 0 Å². The molecule has 2 unspecified atom stereocenters. The number of hydrogen-bond acceptors (Lipinski definition) is 4. The quantitative estimate of drug-likeness (QED) is 0.687. The minimum atomic E-state index is -0.244. The third kappa shape index (κ3) is 2.41. The topological polar surface area (TPSA) is 59.1 Å². The first kappa shape index (κ1) is 19.6. The molecule has 6 rings (SSSR count). The molecule has 2 fully saturated rings. The molecule has 4 aliphatic rings. The zero-order valence-corrected chi connectivity index (χ0v) is 18.5. The first-order valence-corrected chi connectivity index (χ1v) is 11.5. The Morgan fingerprint density at radius 2 is 1.66 bits per heavy atom. The number of carbonyl (C=O) groups is 2. The van der Waals surface area contributed by atoms with E-state index in [-0.39, 0.29) is 29.7 Å². The SMILES string of the molecule is COC(=O)N1CC[C@H]2c3cccc([C@]45CCN(C(=O)OC)C4Cc4ccccc45)c3CC21. The maximum absolute atomic E-state index is 12.7. The number of hydrogen-bond donors (Lipinski definition) is 0. The average molecular weight is 433 g/mol. The number of benzene rings is 2. The molecule has 2 aromatic carbocycles. The summed E-state index contributed by atoms with van der Waals surface area (Å²) < 4.78 is 10.2. The van der Waals surface area contributed by atoms with Crippen molar-refractivity contribution in [3.63, 3.8) is 0 Å². The molecule has 2 saturated heterocycles. The summed E-state index contributed by atoms with van der Waals surface area (Å²) in [6.45, 7) is 1.44. The summed E-state index contributed by atoms with van der Waals surface area (Å²) in [7, 11) is 2.93. The Hall–Kier alpha value is -3.02. The van der Waals surface area contributed by atoms with Gasteiger partial charge in [0, 0.05) is 30.5 Å². The van der Waals surface area contributed by atoms with Crippen molar-refractivity contribution < 1.29 is 19.1 Å². The molecule has 2 aliphatic heterocycles. The number of methoxy groups -OCH3 is 2. The third-order valence-electron chi connectivity index (χ3n) is 8.47. The standard InChI is InChI=1S/C26H28N2O4/c1-31-24(29)27-12-10-18-17-7-5-9-21(19(17)15-22(18)27)26-11-13-28(25(30)32-2)23(26)14-16-6-3-4-8-20(16)26/h3-9,18,22-23H,10-15H2,1-2H3/t18-,22?,23?,26+/m0/s1. The zero-order valence-electron chi connectivity index (χ0n) is 18.5. The molecule has 0 radical (unpaired) electrons. The Morgan fingerprint density at radius 3 is 2.47 bits per heavy atom. The minimum absolute atomic E-state index is 0.0519. The maximum Gasteiger partial charge on any atom is 0.409 e. The normalized spacial score (nSPS) is 29.4. The lowest BCUT2D eigenvalue weighted by molar-refractivity contribution is 0.115. The van der Waals surface area contributed by atoms with Crippen molar-refractivity contribution >= 4 is 12.2 Å². The highest BCUT2D eigenvalue weighted by Gasteiger charge is 2.58. The van der Waals surface area contributed by atoms with Crippen LogP contribution in [0, 0.1) is 0 Å². The van der Waals surface area contributed by atoms with Crippen LogP contribution in [0.4, 0.5) is 9.59 Å². The molecule has 0 spiro atoms. The molecule has 0 bridgehead atoms. The average Bonchev–Trinajstić information content (AvgIpc) is 3.56. The van der Waals surface area contributed by atoms with E-state index in [1.165, 1.54) is 42.0 Å². The molecular formula is C26H28N2O4. The third-order valence-corrected chi connectivity index (χ3v) is 8.47. The lowest BCUT2D eigenvalue weighted by Gasteiger charge is -2.35. The van der Waals surface area contributed by atoms with Crippen molar-refractivity contribution in [2.75, 3.05) is 27.3 Å². The zero-order chi connectivity index (χ0) is 22.0. The van der Waals surface area contributed by atoms with Crippen LogP contribution in [0.5, 0.6) is 0 Å². The molecule has 6 nitrogen and oxygen atoms in total. The van der Waals surface area contributed by atoms with E-state index in [2.05, 4.69) is 42.5 Å². The first-order valence-electron chi connectivity index (χ1n) is 11.5. The Morgan fingerprint density at radius 1 is 0.906 bits per heavy atom. The highest BCUT2D eigenvalue weighted by atomic mass is 16.5. The van der Waals surface area contributed by atoms with E-state index < -0.39 is 0 Å². The number of ether oxygens (including phenoxy) is 2. The molecule has 0 saturated carbocycles. The van der Waals surface area contributed by atoms with Gasteiger partial charge in [-0.25, -0.2) is 9.59 Å². The van der Waals surface area contributed by atoms with Gasteiger partial charge < -0.3 is 19.3 Å². The second kappa shape index (κ2) is 6.99.